The Hall–Kier alpha value is -3.53. The summed E-state index contributed by atoms with van der Waals surface area (Å²) in [6.07, 6.45) is 6.40. The molecule has 45 heavy (non-hydrogen) atoms. The van der Waals surface area contributed by atoms with Gasteiger partial charge in [0.2, 0.25) is 0 Å². The van der Waals surface area contributed by atoms with Crippen molar-refractivity contribution in [3.05, 3.63) is 59.5 Å². The van der Waals surface area contributed by atoms with Gasteiger partial charge in [-0.05, 0) is 57.4 Å². The van der Waals surface area contributed by atoms with E-state index in [2.05, 4.69) is 62.2 Å². The summed E-state index contributed by atoms with van der Waals surface area (Å²) >= 11 is 8.24. The molecule has 0 spiro atoms. The minimum absolute atomic E-state index is 0.456. The molecular formula is C33H40ClN9OS. The topological polar surface area (TPSA) is 88.7 Å². The fourth-order valence-electron chi connectivity index (χ4n) is 5.79. The Kier molecular flexibility index (Phi) is 9.97. The average Bonchev–Trinajstić information content (AvgIpc) is 3.31. The molecule has 1 N–H and O–H groups in total. The van der Waals surface area contributed by atoms with Gasteiger partial charge in [0.25, 0.3) is 0 Å². The largest absolute Gasteiger partial charge is 0.490 e. The van der Waals surface area contributed by atoms with Crippen molar-refractivity contribution in [2.75, 3.05) is 89.8 Å². The van der Waals surface area contributed by atoms with Crippen molar-refractivity contribution in [3.8, 4) is 11.8 Å². The number of likely N-dealkylation sites (N-methyl/N-ethyl adjacent to an activating group) is 2. The number of aromatic nitrogens is 3. The maximum atomic E-state index is 10.1. The van der Waals surface area contributed by atoms with Crippen molar-refractivity contribution in [3.63, 3.8) is 0 Å². The van der Waals surface area contributed by atoms with Crippen LogP contribution in [0.25, 0.3) is 10.9 Å². The molecule has 2 aliphatic heterocycles. The summed E-state index contributed by atoms with van der Waals surface area (Å²) in [5, 5.41) is 15.9. The molecule has 2 saturated heterocycles. The highest BCUT2D eigenvalue weighted by Gasteiger charge is 2.21. The molecule has 4 heterocycles. The molecule has 12 heteroatoms. The summed E-state index contributed by atoms with van der Waals surface area (Å²) in [6.45, 7) is 9.64. The molecule has 2 aliphatic rings. The first kappa shape index (κ1) is 31.5. The number of anilines is 3. The standard InChI is InChI=1S/C33H40ClN9OS/c1-39-8-4-9-43(16-13-39)29-21-28-26(20-30(29)44-18-17-42-14-11-40(2)12-15-42)32(24(22-35)23-37-28)38-25-5-6-31(27(34)19-25)45-33-36-7-10-41(33)3/h5-7,10,19-21,23H,4,8-9,11-18H2,1-3H3,(H,37,38). The fraction of sp³-hybridized carbons (Fsp3) is 0.424. The van der Waals surface area contributed by atoms with Crippen LogP contribution in [0.3, 0.4) is 0 Å². The number of hydrogen-bond acceptors (Lipinski definition) is 10. The number of piperazine rings is 1. The highest BCUT2D eigenvalue weighted by Crippen LogP contribution is 2.39. The van der Waals surface area contributed by atoms with Gasteiger partial charge in [0, 0.05) is 94.0 Å². The Morgan fingerprint density at radius 2 is 1.78 bits per heavy atom. The van der Waals surface area contributed by atoms with Gasteiger partial charge in [-0.2, -0.15) is 5.26 Å². The van der Waals surface area contributed by atoms with E-state index < -0.39 is 0 Å². The zero-order valence-electron chi connectivity index (χ0n) is 26.2. The second-order valence-corrected chi connectivity index (χ2v) is 13.2. The number of hydrogen-bond donors (Lipinski definition) is 1. The van der Waals surface area contributed by atoms with Crippen molar-refractivity contribution >= 4 is 51.3 Å². The lowest BCUT2D eigenvalue weighted by atomic mass is 10.1. The Labute approximate surface area is 274 Å². The maximum absolute atomic E-state index is 10.1. The van der Waals surface area contributed by atoms with Gasteiger partial charge in [-0.1, -0.05) is 23.4 Å². The van der Waals surface area contributed by atoms with Crippen LogP contribution in [0, 0.1) is 11.3 Å². The fourth-order valence-corrected chi connectivity index (χ4v) is 6.89. The second-order valence-electron chi connectivity index (χ2n) is 11.8. The normalized spacial score (nSPS) is 16.9. The summed E-state index contributed by atoms with van der Waals surface area (Å²) in [7, 11) is 6.31. The number of imidazole rings is 1. The second kappa shape index (κ2) is 14.3. The number of aryl methyl sites for hydroxylation is 1. The van der Waals surface area contributed by atoms with Crippen molar-refractivity contribution in [2.45, 2.75) is 16.5 Å². The summed E-state index contributed by atoms with van der Waals surface area (Å²) in [5.74, 6) is 0.820. The molecule has 2 aromatic carbocycles. The minimum Gasteiger partial charge on any atom is -0.490 e. The van der Waals surface area contributed by atoms with Gasteiger partial charge in [-0.15, -0.1) is 0 Å². The number of nitrogens with zero attached hydrogens (tertiary/aromatic N) is 8. The van der Waals surface area contributed by atoms with E-state index in [9.17, 15) is 5.26 Å². The van der Waals surface area contributed by atoms with Gasteiger partial charge in [0.05, 0.1) is 27.5 Å². The van der Waals surface area contributed by atoms with E-state index in [-0.39, 0.29) is 0 Å². The number of halogens is 1. The Bertz CT molecular complexity index is 1680. The third-order valence-corrected chi connectivity index (χ3v) is 10.1. The zero-order valence-corrected chi connectivity index (χ0v) is 27.7. The molecule has 0 atom stereocenters. The summed E-state index contributed by atoms with van der Waals surface area (Å²) in [4.78, 5) is 19.6. The predicted molar refractivity (Wildman–Crippen MR) is 182 cm³/mol. The molecule has 10 nitrogen and oxygen atoms in total. The smallest absolute Gasteiger partial charge is 0.172 e. The Morgan fingerprint density at radius 1 is 0.978 bits per heavy atom. The highest BCUT2D eigenvalue weighted by atomic mass is 35.5. The molecule has 0 saturated carbocycles. The first-order chi connectivity index (χ1) is 21.9. The van der Waals surface area contributed by atoms with E-state index in [1.54, 1.807) is 12.4 Å². The molecule has 0 aliphatic carbocycles. The zero-order chi connectivity index (χ0) is 31.3. The van der Waals surface area contributed by atoms with Crippen LogP contribution in [0.2, 0.25) is 5.02 Å². The van der Waals surface area contributed by atoms with Crippen molar-refractivity contribution in [1.82, 2.24) is 29.2 Å². The quantitative estimate of drug-likeness (QED) is 0.263. The van der Waals surface area contributed by atoms with E-state index in [1.807, 2.05) is 36.0 Å². The lowest BCUT2D eigenvalue weighted by Crippen LogP contribution is -2.45. The van der Waals surface area contributed by atoms with Crippen molar-refractivity contribution in [1.29, 1.82) is 5.26 Å². The minimum atomic E-state index is 0.456. The average molecular weight is 646 g/mol. The van der Waals surface area contributed by atoms with Crippen LogP contribution in [-0.4, -0.2) is 109 Å². The van der Waals surface area contributed by atoms with E-state index in [0.29, 0.717) is 22.9 Å². The van der Waals surface area contributed by atoms with Crippen LogP contribution in [0.15, 0.2) is 59.0 Å². The first-order valence-corrected chi connectivity index (χ1v) is 16.6. The molecule has 0 amide bonds. The molecule has 0 bridgehead atoms. The van der Waals surface area contributed by atoms with Gasteiger partial charge in [0.15, 0.2) is 5.16 Å². The lowest BCUT2D eigenvalue weighted by molar-refractivity contribution is 0.134. The van der Waals surface area contributed by atoms with Crippen LogP contribution >= 0.6 is 23.4 Å². The molecule has 2 aromatic heterocycles. The molecule has 2 fully saturated rings. The van der Waals surface area contributed by atoms with Gasteiger partial charge in [-0.3, -0.25) is 9.88 Å². The number of ether oxygens (including phenoxy) is 1. The third kappa shape index (κ3) is 7.48. The Morgan fingerprint density at radius 3 is 2.53 bits per heavy atom. The number of rotatable bonds is 9. The highest BCUT2D eigenvalue weighted by molar-refractivity contribution is 7.99. The molecular weight excluding hydrogens is 606 g/mol. The number of nitriles is 1. The molecule has 4 aromatic rings. The van der Waals surface area contributed by atoms with Crippen LogP contribution < -0.4 is 15.0 Å². The van der Waals surface area contributed by atoms with Gasteiger partial charge < -0.3 is 29.3 Å². The molecule has 0 radical (unpaired) electrons. The van der Waals surface area contributed by atoms with E-state index in [1.165, 1.54) is 11.8 Å². The van der Waals surface area contributed by atoms with Crippen molar-refractivity contribution in [2.24, 2.45) is 7.05 Å². The van der Waals surface area contributed by atoms with Gasteiger partial charge in [0.1, 0.15) is 18.4 Å². The summed E-state index contributed by atoms with van der Waals surface area (Å²) < 4.78 is 8.54. The number of nitrogens with one attached hydrogen (secondary N) is 1. The predicted octanol–water partition coefficient (Wildman–Crippen LogP) is 5.16. The van der Waals surface area contributed by atoms with Crippen LogP contribution in [-0.2, 0) is 7.05 Å². The van der Waals surface area contributed by atoms with Crippen LogP contribution in [0.5, 0.6) is 5.75 Å². The number of benzene rings is 2. The third-order valence-electron chi connectivity index (χ3n) is 8.57. The van der Waals surface area contributed by atoms with Crippen LogP contribution in [0.1, 0.15) is 12.0 Å². The molecule has 6 rings (SSSR count). The van der Waals surface area contributed by atoms with Crippen LogP contribution in [0.4, 0.5) is 17.1 Å². The summed E-state index contributed by atoms with van der Waals surface area (Å²) in [6, 6.07) is 12.3. The SMILES string of the molecule is CN1CCN(CCOc2cc3c(Nc4ccc(Sc5nccn5C)c(Cl)c4)c(C#N)cnc3cc2N2CCCN(C)CC2)CC1. The van der Waals surface area contributed by atoms with Gasteiger partial charge in [-0.25, -0.2) is 4.98 Å². The van der Waals surface area contributed by atoms with Crippen molar-refractivity contribution < 1.29 is 4.74 Å². The maximum Gasteiger partial charge on any atom is 0.172 e. The monoisotopic (exact) mass is 645 g/mol. The lowest BCUT2D eigenvalue weighted by Gasteiger charge is -2.32. The van der Waals surface area contributed by atoms with Gasteiger partial charge >= 0.3 is 0 Å². The Balaban J connectivity index is 1.31. The van der Waals surface area contributed by atoms with E-state index in [0.717, 1.165) is 103 Å². The summed E-state index contributed by atoms with van der Waals surface area (Å²) in [5.41, 5.74) is 3.79. The van der Waals surface area contributed by atoms with E-state index >= 15 is 0 Å². The number of fused-ring (bicyclic) bond motifs is 1. The first-order valence-electron chi connectivity index (χ1n) is 15.4. The molecule has 236 valence electrons. The number of pyridine rings is 1. The van der Waals surface area contributed by atoms with E-state index in [4.69, 9.17) is 21.3 Å². The molecule has 0 unspecified atom stereocenters.